The predicted octanol–water partition coefficient (Wildman–Crippen LogP) is 5.10. The molecule has 174 valence electrons. The fourth-order valence-electron chi connectivity index (χ4n) is 8.42. The van der Waals surface area contributed by atoms with Crippen molar-refractivity contribution in [3.05, 3.63) is 46.0 Å². The highest BCUT2D eigenvalue weighted by Gasteiger charge is 2.57. The Bertz CT molecular complexity index is 962. The van der Waals surface area contributed by atoms with Gasteiger partial charge in [-0.05, 0) is 110 Å². The minimum Gasteiger partial charge on any atom is -0.480 e. The third-order valence-electron chi connectivity index (χ3n) is 10.2. The highest BCUT2D eigenvalue weighted by molar-refractivity contribution is 5.73. The number of carboxylic acid groups (broad SMARTS) is 1. The van der Waals surface area contributed by atoms with Crippen molar-refractivity contribution in [1.29, 1.82) is 0 Å². The Balaban J connectivity index is 1.34. The van der Waals surface area contributed by atoms with Gasteiger partial charge in [0.1, 0.15) is 6.04 Å². The molecule has 3 N–H and O–H groups in total. The summed E-state index contributed by atoms with van der Waals surface area (Å²) in [5.74, 6) is 2.06. The van der Waals surface area contributed by atoms with Crippen molar-refractivity contribution < 1.29 is 14.3 Å². The molecular formula is C27H37NO4. The Morgan fingerprint density at radius 3 is 2.75 bits per heavy atom. The van der Waals surface area contributed by atoms with Gasteiger partial charge in [-0.15, -0.1) is 0 Å². The SMILES string of the molecule is C[C@]12CC[C@H](CC(N)C(=O)O)C[C@H]1CC[C@H]1C3=CC[C@H](c4ccc(=O)oc4)[C@@]3(C)CC[C@@H]12. The van der Waals surface area contributed by atoms with Crippen LogP contribution in [0.5, 0.6) is 0 Å². The van der Waals surface area contributed by atoms with Crippen LogP contribution in [0, 0.1) is 34.5 Å². The second-order valence-electron chi connectivity index (χ2n) is 11.6. The Hall–Kier alpha value is -1.88. The summed E-state index contributed by atoms with van der Waals surface area (Å²) in [6.45, 7) is 4.97. The molecule has 3 saturated carbocycles. The Morgan fingerprint density at radius 1 is 1.22 bits per heavy atom. The van der Waals surface area contributed by atoms with Gasteiger partial charge in [0.05, 0.1) is 6.26 Å². The molecule has 5 nitrogen and oxygen atoms in total. The lowest BCUT2D eigenvalue weighted by Crippen LogP contribution is -2.51. The van der Waals surface area contributed by atoms with Crippen LogP contribution in [0.25, 0.3) is 0 Å². The number of carbonyl (C=O) groups is 1. The summed E-state index contributed by atoms with van der Waals surface area (Å²) < 4.78 is 5.22. The molecule has 32 heavy (non-hydrogen) atoms. The van der Waals surface area contributed by atoms with Crippen molar-refractivity contribution in [2.75, 3.05) is 0 Å². The first kappa shape index (κ1) is 21.9. The Labute approximate surface area is 190 Å². The third-order valence-corrected chi connectivity index (χ3v) is 10.2. The number of carboxylic acids is 1. The molecule has 0 aliphatic heterocycles. The van der Waals surface area contributed by atoms with E-state index >= 15 is 0 Å². The predicted molar refractivity (Wildman–Crippen MR) is 123 cm³/mol. The molecule has 1 aromatic rings. The maximum atomic E-state index is 11.5. The summed E-state index contributed by atoms with van der Waals surface area (Å²) in [7, 11) is 0. The molecule has 1 unspecified atom stereocenters. The van der Waals surface area contributed by atoms with E-state index in [1.807, 2.05) is 6.07 Å². The van der Waals surface area contributed by atoms with Gasteiger partial charge in [-0.1, -0.05) is 25.5 Å². The summed E-state index contributed by atoms with van der Waals surface area (Å²) in [5.41, 5.74) is 8.93. The molecule has 5 heteroatoms. The van der Waals surface area contributed by atoms with Crippen molar-refractivity contribution in [2.45, 2.75) is 83.6 Å². The van der Waals surface area contributed by atoms with Gasteiger partial charge in [0, 0.05) is 6.07 Å². The molecule has 8 atom stereocenters. The molecule has 0 spiro atoms. The molecular weight excluding hydrogens is 402 g/mol. The van der Waals surface area contributed by atoms with E-state index in [9.17, 15) is 14.7 Å². The second kappa shape index (κ2) is 7.86. The molecule has 0 amide bonds. The largest absolute Gasteiger partial charge is 0.480 e. The van der Waals surface area contributed by atoms with E-state index < -0.39 is 12.0 Å². The summed E-state index contributed by atoms with van der Waals surface area (Å²) in [5, 5.41) is 9.23. The van der Waals surface area contributed by atoms with Crippen LogP contribution in [-0.4, -0.2) is 17.1 Å². The van der Waals surface area contributed by atoms with Crippen LogP contribution < -0.4 is 11.4 Å². The van der Waals surface area contributed by atoms with Gasteiger partial charge < -0.3 is 15.3 Å². The summed E-state index contributed by atoms with van der Waals surface area (Å²) in [6, 6.07) is 2.80. The monoisotopic (exact) mass is 439 g/mol. The maximum absolute atomic E-state index is 11.5. The summed E-state index contributed by atoms with van der Waals surface area (Å²) in [4.78, 5) is 22.7. The molecule has 4 aliphatic rings. The van der Waals surface area contributed by atoms with Gasteiger partial charge in [-0.2, -0.15) is 0 Å². The van der Waals surface area contributed by atoms with Crippen molar-refractivity contribution in [3.8, 4) is 0 Å². The summed E-state index contributed by atoms with van der Waals surface area (Å²) >= 11 is 0. The number of hydrogen-bond donors (Lipinski definition) is 2. The topological polar surface area (TPSA) is 93.5 Å². The first-order valence-electron chi connectivity index (χ1n) is 12.5. The summed E-state index contributed by atoms with van der Waals surface area (Å²) in [6.07, 6.45) is 14.3. The number of aliphatic carboxylic acids is 1. The number of allylic oxidation sites excluding steroid dienone is 2. The molecule has 0 radical (unpaired) electrons. The van der Waals surface area contributed by atoms with E-state index in [1.165, 1.54) is 32.1 Å². The smallest absolute Gasteiger partial charge is 0.335 e. The number of rotatable bonds is 4. The van der Waals surface area contributed by atoms with Crippen LogP contribution in [0.3, 0.4) is 0 Å². The van der Waals surface area contributed by atoms with Gasteiger partial charge in [0.2, 0.25) is 0 Å². The minimum atomic E-state index is -0.867. The fraction of sp³-hybridized carbons (Fsp3) is 0.704. The number of fused-ring (bicyclic) bond motifs is 5. The number of nitrogens with two attached hydrogens (primary N) is 1. The van der Waals surface area contributed by atoms with Crippen molar-refractivity contribution >= 4 is 5.97 Å². The van der Waals surface area contributed by atoms with Crippen LogP contribution in [0.2, 0.25) is 0 Å². The normalized spacial score (nSPS) is 41.7. The molecule has 1 heterocycles. The average molecular weight is 440 g/mol. The highest BCUT2D eigenvalue weighted by atomic mass is 16.4. The third kappa shape index (κ3) is 3.39. The highest BCUT2D eigenvalue weighted by Crippen LogP contribution is 2.67. The zero-order valence-electron chi connectivity index (χ0n) is 19.4. The van der Waals surface area contributed by atoms with Crippen molar-refractivity contribution in [1.82, 2.24) is 0 Å². The van der Waals surface area contributed by atoms with Gasteiger partial charge in [0.15, 0.2) is 0 Å². The molecule has 5 rings (SSSR count). The first-order valence-corrected chi connectivity index (χ1v) is 12.5. The molecule has 0 aromatic carbocycles. The Kier molecular flexibility index (Phi) is 5.39. The maximum Gasteiger partial charge on any atom is 0.335 e. The van der Waals surface area contributed by atoms with Crippen LogP contribution in [0.15, 0.2) is 39.3 Å². The molecule has 3 fully saturated rings. The lowest BCUT2D eigenvalue weighted by molar-refractivity contribution is -0.139. The van der Waals surface area contributed by atoms with Crippen LogP contribution in [-0.2, 0) is 4.79 Å². The van der Waals surface area contributed by atoms with E-state index in [2.05, 4.69) is 19.9 Å². The van der Waals surface area contributed by atoms with E-state index in [0.717, 1.165) is 30.7 Å². The van der Waals surface area contributed by atoms with Crippen LogP contribution in [0.4, 0.5) is 0 Å². The molecule has 0 saturated heterocycles. The number of hydrogen-bond acceptors (Lipinski definition) is 4. The molecule has 0 bridgehead atoms. The Morgan fingerprint density at radius 2 is 2.03 bits per heavy atom. The van der Waals surface area contributed by atoms with E-state index in [-0.39, 0.29) is 11.0 Å². The minimum absolute atomic E-state index is 0.162. The van der Waals surface area contributed by atoms with Crippen molar-refractivity contribution in [3.63, 3.8) is 0 Å². The van der Waals surface area contributed by atoms with Crippen LogP contribution >= 0.6 is 0 Å². The molecule has 1 aromatic heterocycles. The van der Waals surface area contributed by atoms with E-state index in [0.29, 0.717) is 35.5 Å². The van der Waals surface area contributed by atoms with Gasteiger partial charge >= 0.3 is 11.6 Å². The first-order chi connectivity index (χ1) is 15.2. The zero-order chi connectivity index (χ0) is 22.7. The molecule has 4 aliphatic carbocycles. The van der Waals surface area contributed by atoms with E-state index in [1.54, 1.807) is 17.9 Å². The lowest BCUT2D eigenvalue weighted by Gasteiger charge is -2.60. The van der Waals surface area contributed by atoms with Gasteiger partial charge in [-0.25, -0.2) is 4.79 Å². The van der Waals surface area contributed by atoms with Gasteiger partial charge in [0.25, 0.3) is 0 Å². The van der Waals surface area contributed by atoms with Crippen LogP contribution in [0.1, 0.15) is 83.1 Å². The standard InChI is InChI=1S/C27H37NO4/c1-26-11-9-16(14-23(28)25(30)31)13-18(26)4-5-19-21-7-6-20(17-3-8-24(29)32-15-17)27(21,2)12-10-22(19)26/h3,7-8,15-16,18-20,22-23H,4-6,9-14,28H2,1-2H3,(H,30,31)/t16-,18+,19-,20+,22-,23?,26-,27+/m0/s1. The van der Waals surface area contributed by atoms with Gasteiger partial charge in [-0.3, -0.25) is 4.79 Å². The quantitative estimate of drug-likeness (QED) is 0.636. The van der Waals surface area contributed by atoms with E-state index in [4.69, 9.17) is 10.2 Å². The average Bonchev–Trinajstić information content (AvgIpc) is 3.11. The second-order valence-corrected chi connectivity index (χ2v) is 11.6. The zero-order valence-corrected chi connectivity index (χ0v) is 19.4. The fourth-order valence-corrected chi connectivity index (χ4v) is 8.42. The lowest BCUT2D eigenvalue weighted by atomic mass is 9.45. The van der Waals surface area contributed by atoms with Crippen molar-refractivity contribution in [2.24, 2.45) is 40.2 Å².